The molecule has 0 aliphatic carbocycles. The van der Waals surface area contributed by atoms with E-state index < -0.39 is 0 Å². The Labute approximate surface area is 109 Å². The summed E-state index contributed by atoms with van der Waals surface area (Å²) in [5, 5.41) is 0.669. The van der Waals surface area contributed by atoms with Gasteiger partial charge in [0.05, 0.1) is 10.7 Å². The molecule has 1 fully saturated rings. The largest absolute Gasteiger partial charge is 0.398 e. The zero-order valence-electron chi connectivity index (χ0n) is 10.7. The van der Waals surface area contributed by atoms with Crippen LogP contribution < -0.4 is 10.6 Å². The van der Waals surface area contributed by atoms with Crippen molar-refractivity contribution in [3.05, 3.63) is 22.7 Å². The predicted octanol–water partition coefficient (Wildman–Crippen LogP) is 4.00. The highest BCUT2D eigenvalue weighted by Crippen LogP contribution is 2.32. The third-order valence-electron chi connectivity index (χ3n) is 3.68. The number of halogens is 1. The van der Waals surface area contributed by atoms with Crippen LogP contribution in [-0.2, 0) is 0 Å². The predicted molar refractivity (Wildman–Crippen MR) is 75.9 cm³/mol. The van der Waals surface area contributed by atoms with E-state index in [1.54, 1.807) is 0 Å². The average Bonchev–Trinajstić information content (AvgIpc) is 2.49. The van der Waals surface area contributed by atoms with Gasteiger partial charge in [-0.15, -0.1) is 0 Å². The number of nitrogens with two attached hydrogens (primary N) is 1. The van der Waals surface area contributed by atoms with Gasteiger partial charge in [0.2, 0.25) is 0 Å². The fourth-order valence-electron chi connectivity index (χ4n) is 2.64. The van der Waals surface area contributed by atoms with Crippen LogP contribution in [0.25, 0.3) is 0 Å². The van der Waals surface area contributed by atoms with Gasteiger partial charge < -0.3 is 10.6 Å². The summed E-state index contributed by atoms with van der Waals surface area (Å²) in [6.07, 6.45) is 5.20. The normalized spacial score (nSPS) is 21.4. The number of rotatable bonds is 1. The van der Waals surface area contributed by atoms with Crippen LogP contribution in [0.1, 0.15) is 38.2 Å². The fraction of sp³-hybridized carbons (Fsp3) is 0.571. The van der Waals surface area contributed by atoms with E-state index in [0.717, 1.165) is 6.54 Å². The van der Waals surface area contributed by atoms with Gasteiger partial charge in [-0.3, -0.25) is 0 Å². The number of nitrogen functional groups attached to an aromatic ring is 1. The van der Waals surface area contributed by atoms with Crippen molar-refractivity contribution in [3.63, 3.8) is 0 Å². The molecule has 0 aromatic heterocycles. The number of hydrogen-bond donors (Lipinski definition) is 1. The number of benzene rings is 1. The van der Waals surface area contributed by atoms with Crippen molar-refractivity contribution in [2.24, 2.45) is 0 Å². The molecule has 0 bridgehead atoms. The van der Waals surface area contributed by atoms with Crippen LogP contribution in [0.4, 0.5) is 11.4 Å². The highest BCUT2D eigenvalue weighted by molar-refractivity contribution is 6.33. The maximum absolute atomic E-state index is 6.14. The van der Waals surface area contributed by atoms with E-state index >= 15 is 0 Å². The quantitative estimate of drug-likeness (QED) is 0.766. The Balaban J connectivity index is 2.34. The van der Waals surface area contributed by atoms with Crippen LogP contribution in [0.15, 0.2) is 12.1 Å². The number of hydrogen-bond acceptors (Lipinski definition) is 2. The van der Waals surface area contributed by atoms with Gasteiger partial charge in [-0.25, -0.2) is 0 Å². The standard InChI is InChI=1S/C14H21ClN2/c1-10-8-13(16)12(15)9-14(10)17-7-5-3-4-6-11(17)2/h8-9,11H,3-7,16H2,1-2H3. The molecular formula is C14H21ClN2. The topological polar surface area (TPSA) is 29.3 Å². The number of aryl methyl sites for hydroxylation is 1. The summed E-state index contributed by atoms with van der Waals surface area (Å²) in [7, 11) is 0. The van der Waals surface area contributed by atoms with Crippen molar-refractivity contribution >= 4 is 23.0 Å². The van der Waals surface area contributed by atoms with Crippen LogP contribution in [0.3, 0.4) is 0 Å². The Hall–Kier alpha value is -0.890. The molecular weight excluding hydrogens is 232 g/mol. The second kappa shape index (κ2) is 5.18. The zero-order valence-corrected chi connectivity index (χ0v) is 11.4. The first-order valence-electron chi connectivity index (χ1n) is 6.42. The van der Waals surface area contributed by atoms with Gasteiger partial charge in [0.15, 0.2) is 0 Å². The summed E-state index contributed by atoms with van der Waals surface area (Å²) in [4.78, 5) is 2.48. The Kier molecular flexibility index (Phi) is 3.82. The van der Waals surface area contributed by atoms with E-state index in [9.17, 15) is 0 Å². The van der Waals surface area contributed by atoms with Gasteiger partial charge in [0, 0.05) is 18.3 Å². The van der Waals surface area contributed by atoms with Gasteiger partial charge in [0.25, 0.3) is 0 Å². The minimum absolute atomic E-state index is 0.593. The minimum atomic E-state index is 0.593. The molecule has 1 aliphatic rings. The van der Waals surface area contributed by atoms with Crippen molar-refractivity contribution < 1.29 is 0 Å². The Morgan fingerprint density at radius 2 is 2.06 bits per heavy atom. The van der Waals surface area contributed by atoms with Gasteiger partial charge in [0.1, 0.15) is 0 Å². The molecule has 2 N–H and O–H groups in total. The third kappa shape index (κ3) is 2.68. The molecule has 1 aliphatic heterocycles. The van der Waals surface area contributed by atoms with Crippen molar-refractivity contribution in [3.8, 4) is 0 Å². The minimum Gasteiger partial charge on any atom is -0.398 e. The smallest absolute Gasteiger partial charge is 0.0656 e. The monoisotopic (exact) mass is 252 g/mol. The van der Waals surface area contributed by atoms with Gasteiger partial charge in [-0.2, -0.15) is 0 Å². The van der Waals surface area contributed by atoms with Crippen molar-refractivity contribution in [2.45, 2.75) is 45.6 Å². The summed E-state index contributed by atoms with van der Waals surface area (Å²) in [5.74, 6) is 0. The van der Waals surface area contributed by atoms with E-state index in [1.807, 2.05) is 12.1 Å². The van der Waals surface area contributed by atoms with Crippen LogP contribution in [0, 0.1) is 6.92 Å². The van der Waals surface area contributed by atoms with E-state index in [0.29, 0.717) is 16.8 Å². The van der Waals surface area contributed by atoms with Crippen molar-refractivity contribution in [2.75, 3.05) is 17.2 Å². The Morgan fingerprint density at radius 1 is 1.29 bits per heavy atom. The number of anilines is 2. The van der Waals surface area contributed by atoms with Gasteiger partial charge in [-0.1, -0.05) is 24.4 Å². The maximum atomic E-state index is 6.14. The molecule has 2 nitrogen and oxygen atoms in total. The lowest BCUT2D eigenvalue weighted by Gasteiger charge is -2.31. The molecule has 1 heterocycles. The summed E-state index contributed by atoms with van der Waals surface area (Å²) in [6, 6.07) is 4.60. The molecule has 1 aromatic carbocycles. The highest BCUT2D eigenvalue weighted by atomic mass is 35.5. The first-order valence-corrected chi connectivity index (χ1v) is 6.79. The van der Waals surface area contributed by atoms with E-state index in [4.69, 9.17) is 17.3 Å². The molecule has 0 amide bonds. The summed E-state index contributed by atoms with van der Waals surface area (Å²) in [6.45, 7) is 5.54. The van der Waals surface area contributed by atoms with E-state index in [2.05, 4.69) is 18.7 Å². The Bertz CT molecular complexity index is 403. The Morgan fingerprint density at radius 3 is 2.82 bits per heavy atom. The van der Waals surface area contributed by atoms with Gasteiger partial charge >= 0.3 is 0 Å². The highest BCUT2D eigenvalue weighted by Gasteiger charge is 2.19. The maximum Gasteiger partial charge on any atom is 0.0656 e. The number of nitrogens with zero attached hydrogens (tertiary/aromatic N) is 1. The molecule has 1 saturated heterocycles. The molecule has 0 saturated carbocycles. The molecule has 0 radical (unpaired) electrons. The summed E-state index contributed by atoms with van der Waals surface area (Å²) < 4.78 is 0. The lowest BCUT2D eigenvalue weighted by molar-refractivity contribution is 0.615. The van der Waals surface area contributed by atoms with Crippen molar-refractivity contribution in [1.82, 2.24) is 0 Å². The second-order valence-corrected chi connectivity index (χ2v) is 5.46. The van der Waals surface area contributed by atoms with E-state index in [-0.39, 0.29) is 0 Å². The SMILES string of the molecule is Cc1cc(N)c(Cl)cc1N1CCCCCC1C. The van der Waals surface area contributed by atoms with Crippen LogP contribution in [0.2, 0.25) is 5.02 Å². The zero-order chi connectivity index (χ0) is 12.4. The van der Waals surface area contributed by atoms with Gasteiger partial charge in [-0.05, 0) is 44.4 Å². The lowest BCUT2D eigenvalue weighted by atomic mass is 10.1. The molecule has 2 rings (SSSR count). The second-order valence-electron chi connectivity index (χ2n) is 5.05. The van der Waals surface area contributed by atoms with Crippen LogP contribution in [0.5, 0.6) is 0 Å². The van der Waals surface area contributed by atoms with Crippen LogP contribution in [-0.4, -0.2) is 12.6 Å². The van der Waals surface area contributed by atoms with Crippen LogP contribution >= 0.6 is 11.6 Å². The van der Waals surface area contributed by atoms with E-state index in [1.165, 1.54) is 36.9 Å². The summed E-state index contributed by atoms with van der Waals surface area (Å²) in [5.41, 5.74) is 8.98. The first kappa shape index (κ1) is 12.6. The fourth-order valence-corrected chi connectivity index (χ4v) is 2.79. The molecule has 1 unspecified atom stereocenters. The molecule has 0 spiro atoms. The third-order valence-corrected chi connectivity index (χ3v) is 4.00. The molecule has 17 heavy (non-hydrogen) atoms. The van der Waals surface area contributed by atoms with Crippen molar-refractivity contribution in [1.29, 1.82) is 0 Å². The molecule has 1 aromatic rings. The summed E-state index contributed by atoms with van der Waals surface area (Å²) >= 11 is 6.14. The molecule has 1 atom stereocenters. The average molecular weight is 253 g/mol. The lowest BCUT2D eigenvalue weighted by Crippen LogP contribution is -2.33. The molecule has 94 valence electrons. The first-order chi connectivity index (χ1) is 8.09. The molecule has 3 heteroatoms.